The number of nitrogens with two attached hydrogens (primary N) is 2. The summed E-state index contributed by atoms with van der Waals surface area (Å²) in [4.78, 5) is 20.7. The molecule has 0 radical (unpaired) electrons. The van der Waals surface area contributed by atoms with Crippen LogP contribution >= 0.6 is 7.82 Å². The van der Waals surface area contributed by atoms with E-state index >= 15 is 0 Å². The molecule has 0 rings (SSSR count). The first-order valence-electron chi connectivity index (χ1n) is 4.50. The molecule has 6 N–H and O–H groups in total. The zero-order chi connectivity index (χ0) is 13.3. The molecule has 0 spiro atoms. The minimum absolute atomic E-state index is 0.0461. The van der Waals surface area contributed by atoms with Crippen LogP contribution in [0.3, 0.4) is 0 Å². The van der Waals surface area contributed by atoms with Gasteiger partial charge in [0.2, 0.25) is 0 Å². The number of hydrogen-bond acceptors (Lipinski definition) is 6. The maximum Gasteiger partial charge on any atom is 0.478 e. The van der Waals surface area contributed by atoms with Crippen LogP contribution in [0.1, 0.15) is 6.92 Å². The van der Waals surface area contributed by atoms with Crippen molar-refractivity contribution in [2.75, 3.05) is 20.1 Å². The number of phosphoric ester groups is 1. The van der Waals surface area contributed by atoms with Gasteiger partial charge in [-0.1, -0.05) is 0 Å². The third kappa shape index (κ3) is 8.46. The van der Waals surface area contributed by atoms with Gasteiger partial charge < -0.3 is 22.1 Å². The molecule has 0 atom stereocenters. The topological polar surface area (TPSA) is 155 Å². The Balaban J connectivity index is 4.10. The minimum atomic E-state index is -3.87. The van der Waals surface area contributed by atoms with Crippen molar-refractivity contribution in [2.45, 2.75) is 6.92 Å². The second-order valence-electron chi connectivity index (χ2n) is 2.49. The second-order valence-corrected chi connectivity index (χ2v) is 4.16. The van der Waals surface area contributed by atoms with Gasteiger partial charge in [-0.15, -0.1) is 0 Å². The van der Waals surface area contributed by atoms with Crippen LogP contribution in [-0.2, 0) is 18.1 Å². The van der Waals surface area contributed by atoms with Gasteiger partial charge in [0.25, 0.3) is 0 Å². The zero-order valence-electron chi connectivity index (χ0n) is 9.17. The average molecular weight is 270 g/mol. The summed E-state index contributed by atoms with van der Waals surface area (Å²) in [6.45, 7) is 0.694. The maximum absolute atomic E-state index is 11.7. The molecule has 11 heteroatoms. The molecule has 0 saturated heterocycles. The van der Waals surface area contributed by atoms with Gasteiger partial charge in [-0.05, 0) is 6.92 Å². The Morgan fingerprint density at radius 2 is 1.47 bits per heavy atom. The van der Waals surface area contributed by atoms with E-state index in [4.69, 9.17) is 16.0 Å². The van der Waals surface area contributed by atoms with Crippen LogP contribution in [0.15, 0.2) is 0 Å². The Hall–Kier alpha value is -1.35. The molecular formula is C6H15N4O6P. The number of nitrogens with one attached hydrogen (secondary N) is 2. The van der Waals surface area contributed by atoms with Crippen molar-refractivity contribution in [3.05, 3.63) is 0 Å². The van der Waals surface area contributed by atoms with E-state index in [9.17, 15) is 14.2 Å². The molecule has 0 aliphatic carbocycles. The van der Waals surface area contributed by atoms with Crippen molar-refractivity contribution in [3.63, 3.8) is 0 Å². The molecule has 10 nitrogen and oxygen atoms in total. The number of rotatable bonds is 8. The minimum Gasteiger partial charge on any atom is -0.352 e. The largest absolute Gasteiger partial charge is 0.478 e. The molecule has 17 heavy (non-hydrogen) atoms. The Labute approximate surface area is 97.6 Å². The van der Waals surface area contributed by atoms with E-state index in [-0.39, 0.29) is 6.61 Å². The summed E-state index contributed by atoms with van der Waals surface area (Å²) in [5.74, 6) is 0. The first-order valence-corrected chi connectivity index (χ1v) is 5.96. The smallest absolute Gasteiger partial charge is 0.352 e. The van der Waals surface area contributed by atoms with Crippen LogP contribution in [0.25, 0.3) is 0 Å². The lowest BCUT2D eigenvalue weighted by atomic mass is 10.9. The molecule has 0 aliphatic rings. The van der Waals surface area contributed by atoms with Gasteiger partial charge in [-0.2, -0.15) is 0 Å². The van der Waals surface area contributed by atoms with Crippen LogP contribution in [0.4, 0.5) is 9.59 Å². The van der Waals surface area contributed by atoms with E-state index in [1.807, 2.05) is 10.6 Å². The Bertz CT molecular complexity index is 287. The standard InChI is InChI=1S/C6H15N4O6P/c1-2-14-17(13,15-3-9-5(7)11)16-4-10-6(8)12/h2-4H2,1H3,(H3,7,9,11)(H3,8,10,12). The fourth-order valence-electron chi connectivity index (χ4n) is 0.635. The van der Waals surface area contributed by atoms with E-state index < -0.39 is 33.3 Å². The normalized spacial score (nSPS) is 10.9. The van der Waals surface area contributed by atoms with E-state index in [0.717, 1.165) is 0 Å². The summed E-state index contributed by atoms with van der Waals surface area (Å²) in [5.41, 5.74) is 9.52. The number of hydrogen-bond donors (Lipinski definition) is 4. The number of primary amides is 2. The molecule has 0 heterocycles. The SMILES string of the molecule is CCOP(=O)(OCNC(N)=O)OCNC(N)=O. The van der Waals surface area contributed by atoms with E-state index in [0.29, 0.717) is 0 Å². The van der Waals surface area contributed by atoms with Crippen molar-refractivity contribution >= 4 is 19.9 Å². The molecule has 0 aromatic carbocycles. The summed E-state index contributed by atoms with van der Waals surface area (Å²) >= 11 is 0. The molecule has 0 aliphatic heterocycles. The van der Waals surface area contributed by atoms with E-state index in [2.05, 4.69) is 9.05 Å². The highest BCUT2D eigenvalue weighted by atomic mass is 31.2. The predicted octanol–water partition coefficient (Wildman–Crippen LogP) is -0.584. The fourth-order valence-corrected chi connectivity index (χ4v) is 1.62. The first-order chi connectivity index (χ1) is 7.89. The summed E-state index contributed by atoms with van der Waals surface area (Å²) in [7, 11) is -3.87. The van der Waals surface area contributed by atoms with Crippen molar-refractivity contribution in [1.82, 2.24) is 10.6 Å². The summed E-state index contributed by atoms with van der Waals surface area (Å²) in [6, 6.07) is -1.72. The fraction of sp³-hybridized carbons (Fsp3) is 0.667. The van der Waals surface area contributed by atoms with Gasteiger partial charge in [-0.25, -0.2) is 14.2 Å². The lowest BCUT2D eigenvalue weighted by molar-refractivity contribution is 0.109. The van der Waals surface area contributed by atoms with Crippen LogP contribution in [0, 0.1) is 0 Å². The number of phosphoric acid groups is 1. The molecule has 0 saturated carbocycles. The van der Waals surface area contributed by atoms with Crippen molar-refractivity contribution < 1.29 is 27.7 Å². The number of carbonyl (C=O) groups excluding carboxylic acids is 2. The van der Waals surface area contributed by atoms with Crippen molar-refractivity contribution in [2.24, 2.45) is 11.5 Å². The van der Waals surface area contributed by atoms with Crippen molar-refractivity contribution in [1.29, 1.82) is 0 Å². The Morgan fingerprint density at radius 1 is 1.06 bits per heavy atom. The van der Waals surface area contributed by atoms with Gasteiger partial charge in [-0.3, -0.25) is 13.6 Å². The molecule has 0 unspecified atom stereocenters. The lowest BCUT2D eigenvalue weighted by Crippen LogP contribution is -2.32. The van der Waals surface area contributed by atoms with Gasteiger partial charge in [0.15, 0.2) is 0 Å². The van der Waals surface area contributed by atoms with Gasteiger partial charge in [0.1, 0.15) is 13.5 Å². The predicted molar refractivity (Wildman–Crippen MR) is 56.6 cm³/mol. The molecule has 0 aromatic rings. The average Bonchev–Trinajstić information content (AvgIpc) is 2.16. The molecule has 4 amide bonds. The van der Waals surface area contributed by atoms with Crippen LogP contribution in [0.2, 0.25) is 0 Å². The Morgan fingerprint density at radius 3 is 1.76 bits per heavy atom. The summed E-state index contributed by atoms with van der Waals surface area (Å²) in [6.07, 6.45) is 0. The highest BCUT2D eigenvalue weighted by molar-refractivity contribution is 7.48. The van der Waals surface area contributed by atoms with Crippen LogP contribution in [0.5, 0.6) is 0 Å². The highest BCUT2D eigenvalue weighted by Gasteiger charge is 2.26. The van der Waals surface area contributed by atoms with Crippen LogP contribution in [-0.4, -0.2) is 32.1 Å². The second kappa shape index (κ2) is 7.85. The summed E-state index contributed by atoms with van der Waals surface area (Å²) in [5, 5.41) is 4.06. The molecule has 0 aromatic heterocycles. The van der Waals surface area contributed by atoms with Gasteiger partial charge >= 0.3 is 19.9 Å². The third-order valence-corrected chi connectivity index (χ3v) is 2.69. The molecule has 100 valence electrons. The highest BCUT2D eigenvalue weighted by Crippen LogP contribution is 2.48. The van der Waals surface area contributed by atoms with Gasteiger partial charge in [0, 0.05) is 0 Å². The van der Waals surface area contributed by atoms with E-state index in [1.165, 1.54) is 0 Å². The summed E-state index contributed by atoms with van der Waals surface area (Å²) < 4.78 is 25.8. The van der Waals surface area contributed by atoms with E-state index in [1.54, 1.807) is 6.92 Å². The number of carbonyl (C=O) groups is 2. The zero-order valence-corrected chi connectivity index (χ0v) is 10.1. The number of amides is 4. The van der Waals surface area contributed by atoms with Gasteiger partial charge in [0.05, 0.1) is 6.61 Å². The first kappa shape index (κ1) is 15.7. The number of urea groups is 2. The quantitative estimate of drug-likeness (QED) is 0.341. The monoisotopic (exact) mass is 270 g/mol. The van der Waals surface area contributed by atoms with Crippen LogP contribution < -0.4 is 22.1 Å². The third-order valence-electron chi connectivity index (χ3n) is 1.23. The molecule has 0 fully saturated rings. The molecular weight excluding hydrogens is 255 g/mol. The maximum atomic E-state index is 11.7. The molecule has 0 bridgehead atoms. The Kier molecular flexibility index (Phi) is 7.22. The lowest BCUT2D eigenvalue weighted by Gasteiger charge is -2.16. The van der Waals surface area contributed by atoms with Crippen molar-refractivity contribution in [3.8, 4) is 0 Å².